The number of rotatable bonds is 6. The van der Waals surface area contributed by atoms with Gasteiger partial charge in [-0.15, -0.1) is 0 Å². The molecular weight excluding hydrogens is 366 g/mol. The number of hydrogen-bond donors (Lipinski definition) is 1. The van der Waals surface area contributed by atoms with Crippen LogP contribution >= 0.6 is 0 Å². The van der Waals surface area contributed by atoms with Crippen LogP contribution in [0.15, 0.2) is 82.4 Å². The van der Waals surface area contributed by atoms with Gasteiger partial charge < -0.3 is 5.73 Å². The number of nitrogens with zero attached hydrogens (tertiary/aromatic N) is 2. The zero-order valence-electron chi connectivity index (χ0n) is 19.0. The van der Waals surface area contributed by atoms with E-state index < -0.39 is 0 Å². The number of aliphatic imine (C=N–C) groups is 1. The van der Waals surface area contributed by atoms with Crippen molar-refractivity contribution in [3.05, 3.63) is 94.1 Å². The predicted octanol–water partition coefficient (Wildman–Crippen LogP) is 6.65. The minimum absolute atomic E-state index is 0.0597. The first-order valence-electron chi connectivity index (χ1n) is 10.4. The van der Waals surface area contributed by atoms with Crippen molar-refractivity contribution in [3.8, 4) is 6.07 Å². The zero-order valence-corrected chi connectivity index (χ0v) is 19.0. The first-order valence-corrected chi connectivity index (χ1v) is 10.4. The number of amidine groups is 1. The number of benzene rings is 1. The third-order valence-electron chi connectivity index (χ3n) is 5.84. The van der Waals surface area contributed by atoms with E-state index in [4.69, 9.17) is 10.7 Å². The Balaban J connectivity index is 2.61. The quantitative estimate of drug-likeness (QED) is 0.331. The maximum absolute atomic E-state index is 9.34. The lowest BCUT2D eigenvalue weighted by Gasteiger charge is -2.18. The second-order valence-electron chi connectivity index (χ2n) is 8.16. The lowest BCUT2D eigenvalue weighted by Crippen LogP contribution is -2.19. The molecule has 0 bridgehead atoms. The minimum atomic E-state index is -0.176. The van der Waals surface area contributed by atoms with Crippen molar-refractivity contribution in [2.24, 2.45) is 16.6 Å². The Morgan fingerprint density at radius 3 is 2.57 bits per heavy atom. The molecule has 0 aliphatic heterocycles. The normalized spacial score (nSPS) is 18.4. The van der Waals surface area contributed by atoms with Crippen molar-refractivity contribution < 1.29 is 0 Å². The summed E-state index contributed by atoms with van der Waals surface area (Å²) < 4.78 is 0. The lowest BCUT2D eigenvalue weighted by molar-refractivity contribution is 0.806. The highest BCUT2D eigenvalue weighted by Gasteiger charge is 2.24. The first-order chi connectivity index (χ1) is 14.1. The van der Waals surface area contributed by atoms with E-state index in [0.717, 1.165) is 51.8 Å². The van der Waals surface area contributed by atoms with Gasteiger partial charge in [0.15, 0.2) is 0 Å². The fraction of sp³-hybridized carbons (Fsp3) is 0.333. The molecule has 156 valence electrons. The smallest absolute Gasteiger partial charge is 0.126 e. The van der Waals surface area contributed by atoms with Gasteiger partial charge in [-0.3, -0.25) is 4.99 Å². The molecular formula is C27H33N3. The number of nitrogens with two attached hydrogens (primary N) is 1. The van der Waals surface area contributed by atoms with Crippen LogP contribution in [0.3, 0.4) is 0 Å². The summed E-state index contributed by atoms with van der Waals surface area (Å²) in [6, 6.07) is 7.79. The molecule has 30 heavy (non-hydrogen) atoms. The Kier molecular flexibility index (Phi) is 7.40. The van der Waals surface area contributed by atoms with E-state index in [1.54, 1.807) is 0 Å². The Morgan fingerprint density at radius 2 is 2.00 bits per heavy atom. The van der Waals surface area contributed by atoms with E-state index in [0.29, 0.717) is 11.4 Å². The highest BCUT2D eigenvalue weighted by molar-refractivity contribution is 6.02. The molecule has 2 N–H and O–H groups in total. The highest BCUT2D eigenvalue weighted by Crippen LogP contribution is 2.37. The molecule has 1 aromatic rings. The summed E-state index contributed by atoms with van der Waals surface area (Å²) in [6.45, 7) is 23.0. The van der Waals surface area contributed by atoms with E-state index in [9.17, 15) is 5.26 Å². The maximum atomic E-state index is 9.34. The van der Waals surface area contributed by atoms with Gasteiger partial charge in [-0.1, -0.05) is 67.2 Å². The molecule has 0 amide bonds. The third kappa shape index (κ3) is 4.71. The van der Waals surface area contributed by atoms with E-state index in [1.807, 2.05) is 39.0 Å². The molecule has 0 saturated carbocycles. The first kappa shape index (κ1) is 23.2. The molecule has 0 heterocycles. The van der Waals surface area contributed by atoms with Crippen LogP contribution in [0, 0.1) is 24.2 Å². The molecule has 2 rings (SSSR count). The molecule has 0 aromatic heterocycles. The summed E-state index contributed by atoms with van der Waals surface area (Å²) in [5.74, 6) is 0.537. The molecule has 1 aliphatic rings. The van der Waals surface area contributed by atoms with Gasteiger partial charge in [0, 0.05) is 11.5 Å². The molecule has 0 fully saturated rings. The molecule has 1 aromatic carbocycles. The highest BCUT2D eigenvalue weighted by atomic mass is 14.9. The van der Waals surface area contributed by atoms with Crippen LogP contribution in [0.2, 0.25) is 0 Å². The van der Waals surface area contributed by atoms with E-state index >= 15 is 0 Å². The average Bonchev–Trinajstić information content (AvgIpc) is 2.82. The molecule has 0 saturated heterocycles. The lowest BCUT2D eigenvalue weighted by atomic mass is 9.88. The maximum Gasteiger partial charge on any atom is 0.126 e. The Hall–Kier alpha value is -3.12. The van der Waals surface area contributed by atoms with Gasteiger partial charge >= 0.3 is 0 Å². The van der Waals surface area contributed by atoms with Crippen LogP contribution in [0.5, 0.6) is 0 Å². The zero-order chi connectivity index (χ0) is 22.6. The van der Waals surface area contributed by atoms with Crippen molar-refractivity contribution in [2.75, 3.05) is 0 Å². The van der Waals surface area contributed by atoms with Gasteiger partial charge in [-0.2, -0.15) is 5.26 Å². The van der Waals surface area contributed by atoms with Gasteiger partial charge in [0.1, 0.15) is 5.84 Å². The summed E-state index contributed by atoms with van der Waals surface area (Å²) in [5.41, 5.74) is 15.5. The molecule has 3 nitrogen and oxygen atoms in total. The monoisotopic (exact) mass is 399 g/mol. The topological polar surface area (TPSA) is 62.2 Å². The second-order valence-corrected chi connectivity index (χ2v) is 8.16. The molecule has 1 unspecified atom stereocenters. The molecule has 2 atom stereocenters. The van der Waals surface area contributed by atoms with Gasteiger partial charge in [0.2, 0.25) is 0 Å². The van der Waals surface area contributed by atoms with Crippen LogP contribution in [0.25, 0.3) is 0 Å². The summed E-state index contributed by atoms with van der Waals surface area (Å²) in [7, 11) is 0. The van der Waals surface area contributed by atoms with Crippen molar-refractivity contribution in [1.82, 2.24) is 0 Å². The van der Waals surface area contributed by atoms with Crippen LogP contribution in [0.4, 0.5) is 0 Å². The summed E-state index contributed by atoms with van der Waals surface area (Å²) in [4.78, 5) is 4.84. The van der Waals surface area contributed by atoms with Crippen LogP contribution < -0.4 is 5.73 Å². The van der Waals surface area contributed by atoms with Crippen molar-refractivity contribution in [3.63, 3.8) is 0 Å². The molecule has 0 radical (unpaired) electrons. The van der Waals surface area contributed by atoms with Crippen molar-refractivity contribution >= 4 is 5.84 Å². The Morgan fingerprint density at radius 1 is 1.33 bits per heavy atom. The van der Waals surface area contributed by atoms with Gasteiger partial charge in [-0.25, -0.2) is 0 Å². The van der Waals surface area contributed by atoms with Gasteiger partial charge in [0.05, 0.1) is 17.7 Å². The standard InChI is InChI=1S/C27H33N3/c1-9-17(4)24-14-25(26(16(2)3)19(6)13-18(24)5)27(29)30-21(8)23-12-10-11-22(15-28)20(23)7/h10-12,14,21,24H,2,4-5,9,13H2,1,3,6-8H3,(H2,29,30)/t21-,24?/m1/s1. The molecule has 0 spiro atoms. The Bertz CT molecular complexity index is 1020. The largest absolute Gasteiger partial charge is 0.383 e. The summed E-state index contributed by atoms with van der Waals surface area (Å²) in [5, 5.41) is 9.34. The third-order valence-corrected chi connectivity index (χ3v) is 5.84. The van der Waals surface area contributed by atoms with Crippen LogP contribution in [-0.2, 0) is 0 Å². The van der Waals surface area contributed by atoms with Crippen LogP contribution in [0.1, 0.15) is 63.3 Å². The SMILES string of the molecule is C=C(C)C1=C(C)CC(=C)C(C(=C)CC)C=C1C(N)=N[C@H](C)c1cccc(C#N)c1C. The van der Waals surface area contributed by atoms with Crippen LogP contribution in [-0.4, -0.2) is 5.84 Å². The van der Waals surface area contributed by atoms with Gasteiger partial charge in [-0.05, 0) is 63.3 Å². The predicted molar refractivity (Wildman–Crippen MR) is 128 cm³/mol. The second kappa shape index (κ2) is 9.59. The Labute approximate surface area is 181 Å². The van der Waals surface area contributed by atoms with E-state index in [-0.39, 0.29) is 12.0 Å². The van der Waals surface area contributed by atoms with Crippen molar-refractivity contribution in [1.29, 1.82) is 5.26 Å². The number of hydrogen-bond acceptors (Lipinski definition) is 2. The average molecular weight is 400 g/mol. The van der Waals surface area contributed by atoms with E-state index in [2.05, 4.69) is 45.7 Å². The number of nitriles is 1. The van der Waals surface area contributed by atoms with Gasteiger partial charge in [0.25, 0.3) is 0 Å². The summed E-state index contributed by atoms with van der Waals surface area (Å²) in [6.07, 6.45) is 3.82. The van der Waals surface area contributed by atoms with E-state index in [1.165, 1.54) is 5.57 Å². The fourth-order valence-electron chi connectivity index (χ4n) is 4.15. The summed E-state index contributed by atoms with van der Waals surface area (Å²) >= 11 is 0. The minimum Gasteiger partial charge on any atom is -0.383 e. The fourth-order valence-corrected chi connectivity index (χ4v) is 4.15. The van der Waals surface area contributed by atoms with Crippen molar-refractivity contribution in [2.45, 2.75) is 53.5 Å². The number of allylic oxidation sites excluding steroid dienone is 5. The molecule has 1 aliphatic carbocycles. The molecule has 3 heteroatoms.